The molecular formula is C16H22O3. The van der Waals surface area contributed by atoms with Gasteiger partial charge in [-0.25, -0.2) is 0 Å². The molecule has 19 heavy (non-hydrogen) atoms. The van der Waals surface area contributed by atoms with Crippen LogP contribution in [-0.2, 0) is 20.7 Å². The van der Waals surface area contributed by atoms with Crippen LogP contribution >= 0.6 is 0 Å². The van der Waals surface area contributed by atoms with E-state index in [0.29, 0.717) is 13.0 Å². The maximum absolute atomic E-state index is 12.0. The van der Waals surface area contributed by atoms with E-state index in [4.69, 9.17) is 4.74 Å². The van der Waals surface area contributed by atoms with Crippen LogP contribution in [0, 0.1) is 11.8 Å². The molecule has 0 fully saturated rings. The Balaban J connectivity index is 2.59. The highest BCUT2D eigenvalue weighted by atomic mass is 16.5. The third kappa shape index (κ3) is 5.25. The van der Waals surface area contributed by atoms with E-state index in [1.807, 2.05) is 44.2 Å². The molecule has 0 saturated carbocycles. The molecule has 3 nitrogen and oxygen atoms in total. The van der Waals surface area contributed by atoms with Crippen LogP contribution in [0.15, 0.2) is 30.3 Å². The number of rotatable bonds is 7. The number of hydrogen-bond acceptors (Lipinski definition) is 3. The predicted molar refractivity (Wildman–Crippen MR) is 74.7 cm³/mol. The number of carbonyl (C=O) groups is 2. The minimum absolute atomic E-state index is 0.0814. The SMILES string of the molecule is CCOC(=O)C(CC(=O)Cc1ccccc1)C(C)C. The molecule has 3 heteroatoms. The third-order valence-corrected chi connectivity index (χ3v) is 3.09. The highest BCUT2D eigenvalue weighted by Gasteiger charge is 2.26. The topological polar surface area (TPSA) is 43.4 Å². The lowest BCUT2D eigenvalue weighted by atomic mass is 9.89. The standard InChI is InChI=1S/C16H22O3/c1-4-19-16(18)15(12(2)3)11-14(17)10-13-8-6-5-7-9-13/h5-9,12,15H,4,10-11H2,1-3H3. The first-order valence-electron chi connectivity index (χ1n) is 6.76. The Morgan fingerprint density at radius 3 is 2.32 bits per heavy atom. The molecule has 0 saturated heterocycles. The summed E-state index contributed by atoms with van der Waals surface area (Å²) in [6, 6.07) is 9.59. The van der Waals surface area contributed by atoms with Crippen molar-refractivity contribution in [2.24, 2.45) is 11.8 Å². The lowest BCUT2D eigenvalue weighted by Gasteiger charge is -2.18. The maximum atomic E-state index is 12.0. The van der Waals surface area contributed by atoms with E-state index in [1.54, 1.807) is 6.92 Å². The average Bonchev–Trinajstić information content (AvgIpc) is 2.37. The Bertz CT molecular complexity index is 409. The van der Waals surface area contributed by atoms with Crippen molar-refractivity contribution in [1.29, 1.82) is 0 Å². The fraction of sp³-hybridized carbons (Fsp3) is 0.500. The van der Waals surface area contributed by atoms with E-state index in [9.17, 15) is 9.59 Å². The second-order valence-corrected chi connectivity index (χ2v) is 5.01. The Morgan fingerprint density at radius 1 is 1.16 bits per heavy atom. The molecule has 1 unspecified atom stereocenters. The molecule has 0 heterocycles. The Morgan fingerprint density at radius 2 is 1.79 bits per heavy atom. The first kappa shape index (κ1) is 15.4. The smallest absolute Gasteiger partial charge is 0.309 e. The van der Waals surface area contributed by atoms with Gasteiger partial charge in [0.2, 0.25) is 0 Å². The van der Waals surface area contributed by atoms with Crippen molar-refractivity contribution in [3.63, 3.8) is 0 Å². The van der Waals surface area contributed by atoms with Crippen molar-refractivity contribution >= 4 is 11.8 Å². The van der Waals surface area contributed by atoms with Gasteiger partial charge in [0.05, 0.1) is 12.5 Å². The van der Waals surface area contributed by atoms with Crippen LogP contribution in [0.1, 0.15) is 32.8 Å². The fourth-order valence-corrected chi connectivity index (χ4v) is 1.98. The van der Waals surface area contributed by atoms with Gasteiger partial charge in [-0.2, -0.15) is 0 Å². The molecule has 0 bridgehead atoms. The predicted octanol–water partition coefficient (Wildman–Crippen LogP) is 3.02. The summed E-state index contributed by atoms with van der Waals surface area (Å²) in [6.45, 7) is 6.02. The molecule has 1 atom stereocenters. The van der Waals surface area contributed by atoms with Crippen molar-refractivity contribution in [2.75, 3.05) is 6.61 Å². The van der Waals surface area contributed by atoms with E-state index >= 15 is 0 Å². The summed E-state index contributed by atoms with van der Waals surface area (Å²) < 4.78 is 5.03. The Hall–Kier alpha value is -1.64. The van der Waals surface area contributed by atoms with Gasteiger partial charge in [-0.15, -0.1) is 0 Å². The van der Waals surface area contributed by atoms with Gasteiger partial charge < -0.3 is 4.74 Å². The van der Waals surface area contributed by atoms with Gasteiger partial charge in [-0.1, -0.05) is 44.2 Å². The van der Waals surface area contributed by atoms with Crippen LogP contribution in [0.3, 0.4) is 0 Å². The molecule has 104 valence electrons. The minimum atomic E-state index is -0.337. The number of esters is 1. The zero-order chi connectivity index (χ0) is 14.3. The second kappa shape index (κ2) is 7.72. The van der Waals surface area contributed by atoms with E-state index in [0.717, 1.165) is 5.56 Å². The van der Waals surface area contributed by atoms with Crippen molar-refractivity contribution in [3.8, 4) is 0 Å². The zero-order valence-corrected chi connectivity index (χ0v) is 11.9. The van der Waals surface area contributed by atoms with Crippen molar-refractivity contribution in [2.45, 2.75) is 33.6 Å². The number of carbonyl (C=O) groups excluding carboxylic acids is 2. The molecule has 0 N–H and O–H groups in total. The summed E-state index contributed by atoms with van der Waals surface area (Å²) in [6.07, 6.45) is 0.634. The lowest BCUT2D eigenvalue weighted by Crippen LogP contribution is -2.26. The number of Topliss-reactive ketones (excluding diaryl/α,β-unsaturated/α-hetero) is 1. The maximum Gasteiger partial charge on any atom is 0.309 e. The van der Waals surface area contributed by atoms with Crippen LogP contribution in [0.5, 0.6) is 0 Å². The molecule has 1 aromatic carbocycles. The van der Waals surface area contributed by atoms with Gasteiger partial charge in [0, 0.05) is 12.8 Å². The quantitative estimate of drug-likeness (QED) is 0.709. The second-order valence-electron chi connectivity index (χ2n) is 5.01. The molecule has 0 radical (unpaired) electrons. The van der Waals surface area contributed by atoms with Crippen molar-refractivity contribution in [3.05, 3.63) is 35.9 Å². The highest BCUT2D eigenvalue weighted by Crippen LogP contribution is 2.18. The average molecular weight is 262 g/mol. The fourth-order valence-electron chi connectivity index (χ4n) is 1.98. The first-order valence-corrected chi connectivity index (χ1v) is 6.76. The van der Waals surface area contributed by atoms with E-state index in [2.05, 4.69) is 0 Å². The van der Waals surface area contributed by atoms with Gasteiger partial charge in [0.15, 0.2) is 0 Å². The van der Waals surface area contributed by atoms with Crippen LogP contribution in [0.4, 0.5) is 0 Å². The van der Waals surface area contributed by atoms with E-state index < -0.39 is 0 Å². The Labute approximate surface area is 115 Å². The van der Waals surface area contributed by atoms with Crippen LogP contribution in [0.25, 0.3) is 0 Å². The summed E-state index contributed by atoms with van der Waals surface area (Å²) in [5.74, 6) is -0.410. The van der Waals surface area contributed by atoms with Crippen LogP contribution < -0.4 is 0 Å². The van der Waals surface area contributed by atoms with Crippen LogP contribution in [0.2, 0.25) is 0 Å². The normalized spacial score (nSPS) is 12.2. The Kier molecular flexibility index (Phi) is 6.26. The molecule has 0 aliphatic heterocycles. The molecule has 0 amide bonds. The van der Waals surface area contributed by atoms with Gasteiger partial charge in [-0.3, -0.25) is 9.59 Å². The molecule has 1 rings (SSSR count). The van der Waals surface area contributed by atoms with Gasteiger partial charge in [0.25, 0.3) is 0 Å². The molecule has 0 aliphatic rings. The van der Waals surface area contributed by atoms with Gasteiger partial charge in [-0.05, 0) is 18.4 Å². The van der Waals surface area contributed by atoms with Crippen molar-refractivity contribution < 1.29 is 14.3 Å². The molecular weight excluding hydrogens is 240 g/mol. The summed E-state index contributed by atoms with van der Waals surface area (Å²) in [7, 11) is 0. The number of hydrogen-bond donors (Lipinski definition) is 0. The summed E-state index contributed by atoms with van der Waals surface area (Å²) in [5, 5.41) is 0. The third-order valence-electron chi connectivity index (χ3n) is 3.09. The minimum Gasteiger partial charge on any atom is -0.466 e. The van der Waals surface area contributed by atoms with E-state index in [-0.39, 0.29) is 30.0 Å². The van der Waals surface area contributed by atoms with Gasteiger partial charge in [0.1, 0.15) is 5.78 Å². The number of benzene rings is 1. The van der Waals surface area contributed by atoms with E-state index in [1.165, 1.54) is 0 Å². The van der Waals surface area contributed by atoms with Gasteiger partial charge >= 0.3 is 5.97 Å². The van der Waals surface area contributed by atoms with Crippen LogP contribution in [-0.4, -0.2) is 18.4 Å². The number of ketones is 1. The monoisotopic (exact) mass is 262 g/mol. The largest absolute Gasteiger partial charge is 0.466 e. The first-order chi connectivity index (χ1) is 9.04. The lowest BCUT2D eigenvalue weighted by molar-refractivity contribution is -0.151. The van der Waals surface area contributed by atoms with Crippen molar-refractivity contribution in [1.82, 2.24) is 0 Å². The molecule has 0 aliphatic carbocycles. The summed E-state index contributed by atoms with van der Waals surface area (Å²) >= 11 is 0. The highest BCUT2D eigenvalue weighted by molar-refractivity contribution is 5.86. The molecule has 1 aromatic rings. The number of ether oxygens (including phenoxy) is 1. The summed E-state index contributed by atoms with van der Waals surface area (Å²) in [5.41, 5.74) is 0.985. The molecule has 0 spiro atoms. The zero-order valence-electron chi connectivity index (χ0n) is 11.9. The summed E-state index contributed by atoms with van der Waals surface area (Å²) in [4.78, 5) is 23.8. The molecule has 0 aromatic heterocycles.